The second-order valence-electron chi connectivity index (χ2n) is 6.81. The number of hydrogen-bond acceptors (Lipinski definition) is 7. The van der Waals surface area contributed by atoms with E-state index in [1.165, 1.54) is 0 Å². The molecular weight excluding hydrogens is 486 g/mol. The fourth-order valence-electron chi connectivity index (χ4n) is 3.05. The minimum Gasteiger partial charge on any atom is -0.454 e. The van der Waals surface area contributed by atoms with Gasteiger partial charge in [0.15, 0.2) is 22.5 Å². The van der Waals surface area contributed by atoms with Gasteiger partial charge in [0.1, 0.15) is 5.52 Å². The molecule has 1 aliphatic heterocycles. The third kappa shape index (κ3) is 4.01. The maximum absolute atomic E-state index is 6.08. The van der Waals surface area contributed by atoms with E-state index in [4.69, 9.17) is 20.2 Å². The van der Waals surface area contributed by atoms with E-state index < -0.39 is 0 Å². The lowest BCUT2D eigenvalue weighted by Gasteiger charge is -2.12. The highest BCUT2D eigenvalue weighted by atomic mass is 124. The maximum Gasteiger partial charge on any atom is 0.231 e. The predicted octanol–water partition coefficient (Wildman–Crippen LogP) is 3.89. The highest BCUT2D eigenvalue weighted by Gasteiger charge is 2.20. The molecule has 1 aromatic carbocycles. The molecule has 0 fully saturated rings. The Morgan fingerprint density at radius 1 is 1.32 bits per heavy atom. The number of anilines is 1. The van der Waals surface area contributed by atoms with Crippen LogP contribution >= 0.6 is 34.4 Å². The van der Waals surface area contributed by atoms with Gasteiger partial charge >= 0.3 is 0 Å². The zero-order valence-corrected chi connectivity index (χ0v) is 18.7. The van der Waals surface area contributed by atoms with Crippen LogP contribution in [-0.2, 0) is 6.54 Å². The van der Waals surface area contributed by atoms with E-state index in [0.29, 0.717) is 11.9 Å². The van der Waals surface area contributed by atoms with Crippen molar-refractivity contribution in [2.45, 2.75) is 42.9 Å². The smallest absolute Gasteiger partial charge is 0.231 e. The summed E-state index contributed by atoms with van der Waals surface area (Å²) in [5.74, 6) is 2.02. The molecule has 0 saturated carbocycles. The first-order valence-corrected chi connectivity index (χ1v) is 11.0. The van der Waals surface area contributed by atoms with Crippen molar-refractivity contribution in [2.24, 2.45) is 0 Å². The summed E-state index contributed by atoms with van der Waals surface area (Å²) in [6, 6.07) is 6.47. The molecule has 9 heteroatoms. The molecule has 0 atom stereocenters. The number of aromatic nitrogens is 3. The fraction of sp³-hybridized carbons (Fsp3) is 0.368. The number of nitrogen functional groups attached to an aromatic ring is 1. The van der Waals surface area contributed by atoms with Crippen molar-refractivity contribution >= 4 is 51.2 Å². The molecular formula is C19H22IN5O2S. The number of rotatable bonds is 7. The average molecular weight is 508 g/mol. The van der Waals surface area contributed by atoms with Crippen LogP contribution in [0.4, 0.5) is 5.82 Å². The van der Waals surface area contributed by atoms with E-state index in [2.05, 4.69) is 51.3 Å². The summed E-state index contributed by atoms with van der Waals surface area (Å²) in [5, 5.41) is 4.36. The minimum atomic E-state index is 0.267. The summed E-state index contributed by atoms with van der Waals surface area (Å²) in [6.45, 7) is 6.37. The van der Waals surface area contributed by atoms with E-state index >= 15 is 0 Å². The zero-order valence-electron chi connectivity index (χ0n) is 15.7. The Labute approximate surface area is 181 Å². The van der Waals surface area contributed by atoms with Crippen LogP contribution in [0.5, 0.6) is 11.5 Å². The van der Waals surface area contributed by atoms with E-state index in [1.807, 2.05) is 18.2 Å². The molecule has 28 heavy (non-hydrogen) atoms. The van der Waals surface area contributed by atoms with Gasteiger partial charge in [0.05, 0.1) is 5.52 Å². The van der Waals surface area contributed by atoms with Crippen LogP contribution in [0, 0.1) is 3.57 Å². The highest BCUT2D eigenvalue weighted by Crippen LogP contribution is 2.41. The molecule has 0 saturated heterocycles. The SMILES string of the molecule is CC(C)NCCCn1c(Sc2cc3c(cc2[124I])OCO3)nc2c(N)nccc21. The van der Waals surface area contributed by atoms with Crippen LogP contribution in [-0.4, -0.2) is 33.9 Å². The molecule has 2 aromatic heterocycles. The largest absolute Gasteiger partial charge is 0.454 e. The van der Waals surface area contributed by atoms with Crippen LogP contribution in [0.15, 0.2) is 34.4 Å². The highest BCUT2D eigenvalue weighted by molar-refractivity contribution is 14.1. The monoisotopic (exact) mass is 508 g/mol. The Hall–Kier alpha value is -1.72. The fourth-order valence-corrected chi connectivity index (χ4v) is 4.77. The van der Waals surface area contributed by atoms with E-state index in [-0.39, 0.29) is 6.79 Å². The van der Waals surface area contributed by atoms with Gasteiger partial charge in [-0.25, -0.2) is 9.97 Å². The lowest BCUT2D eigenvalue weighted by molar-refractivity contribution is 0.174. The number of halogens is 1. The Bertz CT molecular complexity index is 1010. The molecule has 3 N–H and O–H groups in total. The van der Waals surface area contributed by atoms with Crippen LogP contribution in [0.3, 0.4) is 0 Å². The number of imidazole rings is 1. The molecule has 0 spiro atoms. The normalized spacial score (nSPS) is 13.0. The second kappa shape index (κ2) is 8.34. The van der Waals surface area contributed by atoms with Crippen molar-refractivity contribution in [2.75, 3.05) is 19.1 Å². The summed E-state index contributed by atoms with van der Waals surface area (Å²) < 4.78 is 14.3. The van der Waals surface area contributed by atoms with Crippen molar-refractivity contribution in [3.8, 4) is 11.5 Å². The van der Waals surface area contributed by atoms with Gasteiger partial charge in [-0.1, -0.05) is 25.6 Å². The number of nitrogens with two attached hydrogens (primary N) is 1. The number of hydrogen-bond donors (Lipinski definition) is 2. The Balaban J connectivity index is 1.66. The van der Waals surface area contributed by atoms with Gasteiger partial charge in [0.25, 0.3) is 0 Å². The van der Waals surface area contributed by atoms with Gasteiger partial charge in [0.2, 0.25) is 6.79 Å². The quantitative estimate of drug-likeness (QED) is 0.370. The number of ether oxygens (including phenoxy) is 2. The van der Waals surface area contributed by atoms with Gasteiger partial charge < -0.3 is 25.1 Å². The van der Waals surface area contributed by atoms with Crippen molar-refractivity contribution in [1.29, 1.82) is 0 Å². The summed E-state index contributed by atoms with van der Waals surface area (Å²) in [7, 11) is 0. The molecule has 3 aromatic rings. The molecule has 0 radical (unpaired) electrons. The molecule has 0 amide bonds. The number of nitrogens with one attached hydrogen (secondary N) is 1. The topological polar surface area (TPSA) is 87.2 Å². The minimum absolute atomic E-state index is 0.267. The van der Waals surface area contributed by atoms with Crippen LogP contribution in [0.2, 0.25) is 0 Å². The van der Waals surface area contributed by atoms with Crippen LogP contribution in [0.25, 0.3) is 11.0 Å². The summed E-state index contributed by atoms with van der Waals surface area (Å²) in [4.78, 5) is 10.1. The molecule has 0 bridgehead atoms. The van der Waals surface area contributed by atoms with E-state index in [0.717, 1.165) is 55.7 Å². The van der Waals surface area contributed by atoms with Crippen molar-refractivity contribution in [1.82, 2.24) is 19.9 Å². The van der Waals surface area contributed by atoms with E-state index in [9.17, 15) is 0 Å². The number of nitrogens with zero attached hydrogens (tertiary/aromatic N) is 3. The zero-order chi connectivity index (χ0) is 19.7. The number of benzene rings is 1. The number of pyridine rings is 1. The first kappa shape index (κ1) is 19.6. The first-order chi connectivity index (χ1) is 13.5. The maximum atomic E-state index is 6.08. The average Bonchev–Trinajstić information content (AvgIpc) is 3.24. The van der Waals surface area contributed by atoms with E-state index in [1.54, 1.807) is 18.0 Å². The molecule has 0 aliphatic carbocycles. The Kier molecular flexibility index (Phi) is 5.83. The molecule has 7 nitrogen and oxygen atoms in total. The molecule has 148 valence electrons. The second-order valence-corrected chi connectivity index (χ2v) is 8.98. The van der Waals surface area contributed by atoms with Gasteiger partial charge in [0, 0.05) is 27.2 Å². The third-order valence-electron chi connectivity index (χ3n) is 4.40. The third-order valence-corrected chi connectivity index (χ3v) is 6.71. The van der Waals surface area contributed by atoms with Crippen molar-refractivity contribution in [3.05, 3.63) is 28.0 Å². The van der Waals surface area contributed by atoms with Crippen LogP contribution < -0.4 is 20.5 Å². The lowest BCUT2D eigenvalue weighted by atomic mass is 10.3. The van der Waals surface area contributed by atoms with Crippen molar-refractivity contribution < 1.29 is 9.47 Å². The Morgan fingerprint density at radius 2 is 2.11 bits per heavy atom. The van der Waals surface area contributed by atoms with Gasteiger partial charge in [-0.2, -0.15) is 0 Å². The van der Waals surface area contributed by atoms with Gasteiger partial charge in [-0.15, -0.1) is 0 Å². The van der Waals surface area contributed by atoms with Crippen LogP contribution in [0.1, 0.15) is 20.3 Å². The summed E-state index contributed by atoms with van der Waals surface area (Å²) >= 11 is 3.93. The molecule has 3 heterocycles. The predicted molar refractivity (Wildman–Crippen MR) is 119 cm³/mol. The number of aryl methyl sites for hydroxylation is 1. The molecule has 4 rings (SSSR count). The lowest BCUT2D eigenvalue weighted by Crippen LogP contribution is -2.24. The summed E-state index contributed by atoms with van der Waals surface area (Å²) in [5.41, 5.74) is 7.84. The standard InChI is InChI=1S/C19H22IN5O2S/c1-11(2)22-5-3-7-25-13-4-6-23-18(21)17(13)24-19(25)28-16-9-15-14(8-12(16)20)26-10-27-15/h4,6,8-9,11,22H,3,5,7,10H2,1-2H3,(H2,21,23)/i20-3. The van der Waals surface area contributed by atoms with Gasteiger partial charge in [-0.3, -0.25) is 0 Å². The van der Waals surface area contributed by atoms with Crippen molar-refractivity contribution in [3.63, 3.8) is 0 Å². The summed E-state index contributed by atoms with van der Waals surface area (Å²) in [6.07, 6.45) is 2.73. The molecule has 0 unspecified atom stereocenters. The van der Waals surface area contributed by atoms with Gasteiger partial charge in [-0.05, 0) is 53.8 Å². The number of fused-ring (bicyclic) bond motifs is 2. The molecule has 1 aliphatic rings. The Morgan fingerprint density at radius 3 is 2.89 bits per heavy atom. The first-order valence-electron chi connectivity index (χ1n) is 9.14.